The zero-order valence-electron chi connectivity index (χ0n) is 37.0. The third-order valence-corrected chi connectivity index (χ3v) is 12.4. The molecule has 0 radical (unpaired) electrons. The van der Waals surface area contributed by atoms with Crippen LogP contribution in [0.15, 0.2) is 164 Å². The van der Waals surface area contributed by atoms with Crippen LogP contribution in [-0.4, -0.2) is 19.5 Å². The number of hydrogen-bond donors (Lipinski definition) is 0. The van der Waals surface area contributed by atoms with Gasteiger partial charge in [-0.25, -0.2) is 15.0 Å². The fourth-order valence-corrected chi connectivity index (χ4v) is 9.77. The summed E-state index contributed by atoms with van der Waals surface area (Å²) in [5, 5.41) is 2.05. The molecule has 0 spiro atoms. The summed E-state index contributed by atoms with van der Waals surface area (Å²) in [5.74, 6) is 1.46. The fourth-order valence-electron chi connectivity index (χ4n) is 9.77. The number of benzene rings is 8. The van der Waals surface area contributed by atoms with E-state index >= 15 is 0 Å². The number of aromatic nitrogens is 4. The molecule has 0 fully saturated rings. The fraction of sp³-hybridized carbons (Fsp3) is 0.121. The van der Waals surface area contributed by atoms with Crippen LogP contribution in [0.3, 0.4) is 0 Å². The highest BCUT2D eigenvalue weighted by atomic mass is 19.4. The Morgan fingerprint density at radius 3 is 1.28 bits per heavy atom. The molecule has 0 saturated carbocycles. The molecule has 0 N–H and O–H groups in total. The number of nitrogens with zero attached hydrogens (tertiary/aromatic N) is 4. The van der Waals surface area contributed by atoms with E-state index in [1.165, 1.54) is 56.6 Å². The molecular weight excluding hydrogens is 810 g/mol. The van der Waals surface area contributed by atoms with Gasteiger partial charge < -0.3 is 4.57 Å². The smallest absolute Gasteiger partial charge is 0.309 e. The Balaban J connectivity index is 1.29. The first-order valence-corrected chi connectivity index (χ1v) is 21.7. The molecule has 8 aromatic carbocycles. The molecule has 65 heavy (non-hydrogen) atoms. The first-order chi connectivity index (χ1) is 31.3. The Bertz CT molecular complexity index is 3260. The summed E-state index contributed by atoms with van der Waals surface area (Å²) in [6.07, 6.45) is -4.53. The first kappa shape index (κ1) is 41.4. The highest BCUT2D eigenvalue weighted by Crippen LogP contribution is 2.43. The molecule has 0 bridgehead atoms. The summed E-state index contributed by atoms with van der Waals surface area (Å²) in [4.78, 5) is 15.0. The number of alkyl halides is 3. The van der Waals surface area contributed by atoms with E-state index in [4.69, 9.17) is 15.0 Å². The summed E-state index contributed by atoms with van der Waals surface area (Å²) >= 11 is 0. The average molecular weight is 855 g/mol. The van der Waals surface area contributed by atoms with E-state index in [0.29, 0.717) is 39.9 Å². The molecule has 10 aromatic rings. The van der Waals surface area contributed by atoms with Crippen LogP contribution in [0.2, 0.25) is 0 Å². The van der Waals surface area contributed by atoms with Crippen LogP contribution in [0.25, 0.3) is 95.0 Å². The molecule has 0 atom stereocenters. The third kappa shape index (κ3) is 7.67. The van der Waals surface area contributed by atoms with Crippen molar-refractivity contribution in [1.29, 1.82) is 0 Å². The molecule has 0 aliphatic heterocycles. The minimum atomic E-state index is -4.53. The van der Waals surface area contributed by atoms with E-state index in [0.717, 1.165) is 50.1 Å². The number of hydrogen-bond acceptors (Lipinski definition) is 3. The Hall–Kier alpha value is -7.64. The van der Waals surface area contributed by atoms with Crippen molar-refractivity contribution in [2.45, 2.75) is 47.7 Å². The molecule has 4 nitrogen and oxygen atoms in total. The maximum absolute atomic E-state index is 14.4. The summed E-state index contributed by atoms with van der Waals surface area (Å²) in [6.45, 7) is 12.9. The molecule has 0 unspecified atom stereocenters. The van der Waals surface area contributed by atoms with Gasteiger partial charge in [0, 0.05) is 33.0 Å². The number of fused-ring (bicyclic) bond motifs is 3. The van der Waals surface area contributed by atoms with E-state index in [1.807, 2.05) is 78.9 Å². The second-order valence-corrected chi connectivity index (χ2v) is 17.2. The van der Waals surface area contributed by atoms with Gasteiger partial charge in [0.05, 0.1) is 22.3 Å². The van der Waals surface area contributed by atoms with Gasteiger partial charge in [-0.3, -0.25) is 0 Å². The Kier molecular flexibility index (Phi) is 10.3. The van der Waals surface area contributed by atoms with Gasteiger partial charge >= 0.3 is 6.18 Å². The summed E-state index contributed by atoms with van der Waals surface area (Å²) in [6, 6.07) is 53.0. The van der Waals surface area contributed by atoms with Crippen LogP contribution in [0, 0.1) is 41.5 Å². The number of rotatable bonds is 7. The van der Waals surface area contributed by atoms with Crippen LogP contribution in [0.5, 0.6) is 0 Å². The second kappa shape index (κ2) is 16.2. The maximum atomic E-state index is 14.4. The molecule has 2 aromatic heterocycles. The van der Waals surface area contributed by atoms with Crippen LogP contribution < -0.4 is 0 Å². The summed E-state index contributed by atoms with van der Waals surface area (Å²) < 4.78 is 45.4. The lowest BCUT2D eigenvalue weighted by molar-refractivity contribution is -0.137. The van der Waals surface area contributed by atoms with Crippen LogP contribution in [0.1, 0.15) is 38.9 Å². The SMILES string of the molecule is Cc1cc(C)c(-c2ccc3c(c2)c2cc(-c4c(C)cc(C)cc4C)ccc2n3-c2cc(-c3nc(-c4ccccc4)nc(-c4ccccc4)n3)ccc2-c2cccc(C(F)(F)F)c2)c(C)c1. The number of aryl methyl sites for hydroxylation is 6. The largest absolute Gasteiger partial charge is 0.416 e. The average Bonchev–Trinajstić information content (AvgIpc) is 3.61. The Labute approximate surface area is 376 Å². The van der Waals surface area contributed by atoms with Crippen molar-refractivity contribution in [2.75, 3.05) is 0 Å². The quantitative estimate of drug-likeness (QED) is 0.160. The van der Waals surface area contributed by atoms with Crippen molar-refractivity contribution in [3.63, 3.8) is 0 Å². The molecule has 0 saturated heterocycles. The van der Waals surface area contributed by atoms with Crippen LogP contribution >= 0.6 is 0 Å². The monoisotopic (exact) mass is 854 g/mol. The van der Waals surface area contributed by atoms with Gasteiger partial charge in [-0.1, -0.05) is 132 Å². The van der Waals surface area contributed by atoms with Gasteiger partial charge in [-0.05, 0) is 134 Å². The van der Waals surface area contributed by atoms with Crippen molar-refractivity contribution in [3.8, 4) is 73.2 Å². The van der Waals surface area contributed by atoms with Crippen molar-refractivity contribution < 1.29 is 13.2 Å². The van der Waals surface area contributed by atoms with Crippen molar-refractivity contribution in [3.05, 3.63) is 203 Å². The molecular formula is C58H45F3N4. The van der Waals surface area contributed by atoms with E-state index in [1.54, 1.807) is 6.07 Å². The summed E-state index contributed by atoms with van der Waals surface area (Å²) in [5.41, 5.74) is 17.0. The molecule has 2 heterocycles. The minimum absolute atomic E-state index is 0.437. The molecule has 10 rings (SSSR count). The predicted molar refractivity (Wildman–Crippen MR) is 260 cm³/mol. The molecule has 7 heteroatoms. The lowest BCUT2D eigenvalue weighted by Gasteiger charge is -2.18. The van der Waals surface area contributed by atoms with Crippen molar-refractivity contribution >= 4 is 21.8 Å². The summed E-state index contributed by atoms with van der Waals surface area (Å²) in [7, 11) is 0. The normalized spacial score (nSPS) is 11.8. The Morgan fingerprint density at radius 1 is 0.385 bits per heavy atom. The van der Waals surface area contributed by atoms with Gasteiger partial charge in [0.2, 0.25) is 0 Å². The highest BCUT2D eigenvalue weighted by molar-refractivity contribution is 6.12. The number of halogens is 3. The zero-order chi connectivity index (χ0) is 45.1. The van der Waals surface area contributed by atoms with Crippen LogP contribution in [0.4, 0.5) is 13.2 Å². The molecule has 0 aliphatic rings. The Morgan fingerprint density at radius 2 is 0.815 bits per heavy atom. The van der Waals surface area contributed by atoms with Crippen LogP contribution in [-0.2, 0) is 6.18 Å². The van der Waals surface area contributed by atoms with Gasteiger partial charge in [0.25, 0.3) is 0 Å². The standard InChI is InChI=1S/C58H45F3N4/c1-34-26-36(3)53(37(4)27-34)43-21-24-50-48(31-43)49-32-44(54-38(5)28-35(2)29-39(54)6)22-25-51(49)65(50)52-33-45(20-23-47(52)42-18-13-19-46(30-42)58(59,60)61)57-63-55(40-14-9-7-10-15-40)62-56(64-57)41-16-11-8-12-17-41/h7-33H,1-6H3. The van der Waals surface area contributed by atoms with Gasteiger partial charge in [-0.2, -0.15) is 13.2 Å². The minimum Gasteiger partial charge on any atom is -0.309 e. The van der Waals surface area contributed by atoms with E-state index < -0.39 is 11.7 Å². The topological polar surface area (TPSA) is 43.6 Å². The lowest BCUT2D eigenvalue weighted by Crippen LogP contribution is -2.05. The van der Waals surface area contributed by atoms with E-state index in [-0.39, 0.29) is 0 Å². The third-order valence-electron chi connectivity index (χ3n) is 12.4. The van der Waals surface area contributed by atoms with Gasteiger partial charge in [0.15, 0.2) is 17.5 Å². The van der Waals surface area contributed by atoms with Gasteiger partial charge in [-0.15, -0.1) is 0 Å². The molecule has 0 amide bonds. The zero-order valence-corrected chi connectivity index (χ0v) is 37.0. The molecule has 318 valence electrons. The van der Waals surface area contributed by atoms with E-state index in [9.17, 15) is 13.2 Å². The first-order valence-electron chi connectivity index (χ1n) is 21.7. The van der Waals surface area contributed by atoms with E-state index in [2.05, 4.69) is 107 Å². The highest BCUT2D eigenvalue weighted by Gasteiger charge is 2.31. The van der Waals surface area contributed by atoms with Crippen molar-refractivity contribution in [1.82, 2.24) is 19.5 Å². The van der Waals surface area contributed by atoms with Gasteiger partial charge in [0.1, 0.15) is 0 Å². The second-order valence-electron chi connectivity index (χ2n) is 17.2. The van der Waals surface area contributed by atoms with Crippen molar-refractivity contribution in [2.24, 2.45) is 0 Å². The lowest BCUT2D eigenvalue weighted by atomic mass is 9.91. The predicted octanol–water partition coefficient (Wildman–Crippen LogP) is 15.8. The molecule has 0 aliphatic carbocycles. The maximum Gasteiger partial charge on any atom is 0.416 e.